The Morgan fingerprint density at radius 1 is 1.11 bits per heavy atom. The number of hydrogen-bond donors (Lipinski definition) is 3. The topological polar surface area (TPSA) is 90.2 Å². The summed E-state index contributed by atoms with van der Waals surface area (Å²) in [7, 11) is 1.63. The second-order valence-corrected chi connectivity index (χ2v) is 9.62. The van der Waals surface area contributed by atoms with Crippen molar-refractivity contribution in [3.8, 4) is 5.75 Å². The van der Waals surface area contributed by atoms with Gasteiger partial charge < -0.3 is 24.9 Å². The van der Waals surface area contributed by atoms with Gasteiger partial charge in [-0.25, -0.2) is 0 Å². The summed E-state index contributed by atoms with van der Waals surface area (Å²) in [4.78, 5) is 33.8. The fraction of sp³-hybridized carbons (Fsp3) is 0.333. The minimum Gasteiger partial charge on any atom is -0.497 e. The number of nitrogens with one attached hydrogen (secondary N) is 3. The smallest absolute Gasteiger partial charge is 0.270 e. The van der Waals surface area contributed by atoms with Crippen LogP contribution in [0, 0.1) is 5.92 Å². The van der Waals surface area contributed by atoms with Crippen molar-refractivity contribution in [2.75, 3.05) is 26.7 Å². The third kappa shape index (κ3) is 5.15. The lowest BCUT2D eigenvalue weighted by atomic mass is 9.93. The van der Waals surface area contributed by atoms with Crippen LogP contribution >= 0.6 is 11.6 Å². The average Bonchev–Trinajstić information content (AvgIpc) is 3.47. The number of carbonyl (C=O) groups is 2. The van der Waals surface area contributed by atoms with E-state index in [2.05, 4.69) is 15.3 Å². The van der Waals surface area contributed by atoms with Crippen molar-refractivity contribution in [3.63, 3.8) is 0 Å². The van der Waals surface area contributed by atoms with Gasteiger partial charge in [0.05, 0.1) is 7.11 Å². The maximum atomic E-state index is 13.0. The molecule has 7 nitrogen and oxygen atoms in total. The molecule has 3 N–H and O–H groups in total. The summed E-state index contributed by atoms with van der Waals surface area (Å²) in [6.07, 6.45) is 4.87. The van der Waals surface area contributed by atoms with Crippen molar-refractivity contribution >= 4 is 45.2 Å². The van der Waals surface area contributed by atoms with Crippen LogP contribution in [0.2, 0.25) is 5.02 Å². The number of aromatic nitrogens is 2. The molecule has 1 fully saturated rings. The molecular weight excluding hydrogens is 464 g/mol. The second kappa shape index (κ2) is 10.0. The number of benzene rings is 2. The van der Waals surface area contributed by atoms with Crippen LogP contribution in [0.3, 0.4) is 0 Å². The molecule has 8 heteroatoms. The number of carbonyl (C=O) groups excluding carboxylic acids is 2. The fourth-order valence-corrected chi connectivity index (χ4v) is 5.06. The van der Waals surface area contributed by atoms with Gasteiger partial charge in [-0.2, -0.15) is 0 Å². The molecule has 0 radical (unpaired) electrons. The summed E-state index contributed by atoms with van der Waals surface area (Å²) in [5.41, 5.74) is 3.66. The van der Waals surface area contributed by atoms with Crippen molar-refractivity contribution in [2.24, 2.45) is 5.92 Å². The lowest BCUT2D eigenvalue weighted by Crippen LogP contribution is -2.40. The number of halogens is 1. The van der Waals surface area contributed by atoms with E-state index in [0.29, 0.717) is 36.8 Å². The minimum absolute atomic E-state index is 0.00176. The molecule has 0 atom stereocenters. The molecule has 1 aliphatic rings. The number of fused-ring (bicyclic) bond motifs is 2. The van der Waals surface area contributed by atoms with Gasteiger partial charge in [-0.05, 0) is 67.1 Å². The van der Waals surface area contributed by atoms with Crippen LogP contribution in [0.1, 0.15) is 35.3 Å². The number of aromatic amines is 2. The Balaban J connectivity index is 1.08. The normalized spacial score (nSPS) is 14.5. The highest BCUT2D eigenvalue weighted by molar-refractivity contribution is 6.31. The Bertz CT molecular complexity index is 1370. The van der Waals surface area contributed by atoms with Crippen molar-refractivity contribution in [3.05, 3.63) is 64.9 Å². The van der Waals surface area contributed by atoms with Crippen molar-refractivity contribution in [1.82, 2.24) is 20.2 Å². The lowest BCUT2D eigenvalue weighted by molar-refractivity contribution is -0.122. The number of amides is 2. The highest BCUT2D eigenvalue weighted by atomic mass is 35.5. The van der Waals surface area contributed by atoms with Gasteiger partial charge in [0.25, 0.3) is 5.91 Å². The van der Waals surface area contributed by atoms with Gasteiger partial charge in [-0.15, -0.1) is 0 Å². The maximum Gasteiger partial charge on any atom is 0.270 e. The molecule has 2 amide bonds. The molecule has 2 aromatic heterocycles. The molecule has 5 rings (SSSR count). The Labute approximate surface area is 208 Å². The molecular formula is C27H29ClN4O3. The highest BCUT2D eigenvalue weighted by Crippen LogP contribution is 2.25. The minimum atomic E-state index is 0.00176. The van der Waals surface area contributed by atoms with Gasteiger partial charge in [0.1, 0.15) is 11.4 Å². The van der Waals surface area contributed by atoms with Crippen molar-refractivity contribution in [1.29, 1.82) is 0 Å². The zero-order chi connectivity index (χ0) is 24.4. The summed E-state index contributed by atoms with van der Waals surface area (Å²) in [5.74, 6) is 1.11. The number of ether oxygens (including phenoxy) is 1. The number of nitrogens with zero attached hydrogens (tertiary/aromatic N) is 1. The first-order valence-electron chi connectivity index (χ1n) is 12.0. The second-order valence-electron chi connectivity index (χ2n) is 9.18. The number of H-pyrrole nitrogens is 2. The first-order chi connectivity index (χ1) is 17.0. The monoisotopic (exact) mass is 492 g/mol. The number of hydrogen-bond acceptors (Lipinski definition) is 3. The van der Waals surface area contributed by atoms with E-state index in [1.807, 2.05) is 53.6 Å². The highest BCUT2D eigenvalue weighted by Gasteiger charge is 2.26. The van der Waals surface area contributed by atoms with E-state index in [-0.39, 0.29) is 17.7 Å². The Hall–Kier alpha value is -3.45. The van der Waals surface area contributed by atoms with Crippen LogP contribution in [0.4, 0.5) is 0 Å². The van der Waals surface area contributed by atoms with E-state index < -0.39 is 0 Å². The van der Waals surface area contributed by atoms with Gasteiger partial charge >= 0.3 is 0 Å². The van der Waals surface area contributed by atoms with E-state index >= 15 is 0 Å². The van der Waals surface area contributed by atoms with Gasteiger partial charge in [0, 0.05) is 65.1 Å². The maximum absolute atomic E-state index is 13.0. The summed E-state index contributed by atoms with van der Waals surface area (Å²) in [6.45, 7) is 1.90. The Morgan fingerprint density at radius 3 is 2.74 bits per heavy atom. The summed E-state index contributed by atoms with van der Waals surface area (Å²) >= 11 is 6.12. The predicted molar refractivity (Wildman–Crippen MR) is 138 cm³/mol. The fourth-order valence-electron chi connectivity index (χ4n) is 4.89. The number of piperidine rings is 1. The van der Waals surface area contributed by atoms with Crippen LogP contribution in [0.15, 0.2) is 48.7 Å². The summed E-state index contributed by atoms with van der Waals surface area (Å²) < 4.78 is 5.26. The first kappa shape index (κ1) is 23.3. The van der Waals surface area contributed by atoms with Crippen LogP contribution in [-0.4, -0.2) is 53.4 Å². The number of likely N-dealkylation sites (tertiary alicyclic amines) is 1. The molecule has 3 heterocycles. The molecule has 0 bridgehead atoms. The summed E-state index contributed by atoms with van der Waals surface area (Å²) in [5, 5.41) is 5.83. The molecule has 0 aliphatic carbocycles. The molecule has 1 aliphatic heterocycles. The summed E-state index contributed by atoms with van der Waals surface area (Å²) in [6, 6.07) is 13.4. The van der Waals surface area contributed by atoms with E-state index in [4.69, 9.17) is 16.3 Å². The van der Waals surface area contributed by atoms with E-state index in [9.17, 15) is 9.59 Å². The predicted octanol–water partition coefficient (Wildman–Crippen LogP) is 4.91. The van der Waals surface area contributed by atoms with Gasteiger partial charge in [-0.1, -0.05) is 11.6 Å². The third-order valence-corrected chi connectivity index (χ3v) is 7.12. The SMILES string of the molecule is COc1ccc2cc(C(=O)N3CCC(CC(=O)NCCc4c[nH]c5ccc(Cl)cc45)CC3)[nH]c2c1. The molecule has 1 saturated heterocycles. The van der Waals surface area contributed by atoms with Crippen LogP contribution in [-0.2, 0) is 11.2 Å². The number of methoxy groups -OCH3 is 1. The largest absolute Gasteiger partial charge is 0.497 e. The molecule has 182 valence electrons. The van der Waals surface area contributed by atoms with Gasteiger partial charge in [0.2, 0.25) is 5.91 Å². The Kier molecular flexibility index (Phi) is 6.68. The molecule has 0 unspecified atom stereocenters. The van der Waals surface area contributed by atoms with Crippen LogP contribution in [0.25, 0.3) is 21.8 Å². The van der Waals surface area contributed by atoms with E-state index in [0.717, 1.165) is 52.4 Å². The van der Waals surface area contributed by atoms with Crippen molar-refractivity contribution in [2.45, 2.75) is 25.7 Å². The van der Waals surface area contributed by atoms with Crippen LogP contribution in [0.5, 0.6) is 5.75 Å². The first-order valence-corrected chi connectivity index (χ1v) is 12.4. The third-order valence-electron chi connectivity index (χ3n) is 6.88. The van der Waals surface area contributed by atoms with Gasteiger partial charge in [0.15, 0.2) is 0 Å². The molecule has 0 spiro atoms. The van der Waals surface area contributed by atoms with E-state index in [1.54, 1.807) is 7.11 Å². The zero-order valence-corrected chi connectivity index (χ0v) is 20.5. The lowest BCUT2D eigenvalue weighted by Gasteiger charge is -2.31. The molecule has 35 heavy (non-hydrogen) atoms. The van der Waals surface area contributed by atoms with Crippen molar-refractivity contribution < 1.29 is 14.3 Å². The quantitative estimate of drug-likeness (QED) is 0.342. The van der Waals surface area contributed by atoms with Crippen LogP contribution < -0.4 is 10.1 Å². The Morgan fingerprint density at radius 2 is 1.94 bits per heavy atom. The van der Waals surface area contributed by atoms with Gasteiger partial charge in [-0.3, -0.25) is 9.59 Å². The zero-order valence-electron chi connectivity index (χ0n) is 19.7. The molecule has 2 aromatic carbocycles. The standard InChI is InChI=1S/C27H29ClN4O3/c1-35-21-4-2-18-13-25(31-24(18)15-21)27(34)32-10-7-17(8-11-32)12-26(33)29-9-6-19-16-30-23-5-3-20(28)14-22(19)23/h2-5,13-17,30-31H,6-12H2,1H3,(H,29,33). The molecule has 4 aromatic rings. The molecule has 0 saturated carbocycles. The van der Waals surface area contributed by atoms with E-state index in [1.165, 1.54) is 0 Å². The number of rotatable bonds is 7. The average molecular weight is 493 g/mol.